The Labute approximate surface area is 341 Å². The smallest absolute Gasteiger partial charge is 0.209 e. The summed E-state index contributed by atoms with van der Waals surface area (Å²) in [6.07, 6.45) is -0.432. The molecule has 0 unspecified atom stereocenters. The van der Waals surface area contributed by atoms with E-state index in [0.29, 0.717) is 35.7 Å². The summed E-state index contributed by atoms with van der Waals surface area (Å²) in [4.78, 5) is 35.7. The molecular weight excluding hydrogens is 705 g/mol. The van der Waals surface area contributed by atoms with Gasteiger partial charge in [0.25, 0.3) is 0 Å². The molecule has 6 rings (SSSR count). The molecule has 0 radical (unpaired) electrons. The summed E-state index contributed by atoms with van der Waals surface area (Å²) in [5.41, 5.74) is 9.97. The topological polar surface area (TPSA) is 84.2 Å². The molecule has 0 atom stereocenters. The lowest BCUT2D eigenvalue weighted by molar-refractivity contribution is -0.226. The predicted octanol–water partition coefficient (Wildman–Crippen LogP) is 12.2. The molecule has 0 spiro atoms. The molecule has 0 bridgehead atoms. The molecule has 302 valence electrons. The molecule has 0 amide bonds. The number of ether oxygens (including phenoxy) is 2. The van der Waals surface area contributed by atoms with Gasteiger partial charge < -0.3 is 19.4 Å². The number of hydrogen-bond acceptors (Lipinski definition) is 4. The molecule has 3 aromatic carbocycles. The minimum Gasteiger partial charge on any atom is -0.355 e. The minimum absolute atomic E-state index is 0.0300. The summed E-state index contributed by atoms with van der Waals surface area (Å²) < 4.78 is 12.2. The standard InChI is InChI=1S/C51H64N2O4/c1-47(2,3)35-23-33(24-36(27-35)48(4,5)6)44(54)41-21-19-39(52-41)43(31-15-17-32(18-16-31)46-56-29-51(13,14)30-57-46)40-20-22-42(53-40)45(55)34-25-37(49(7,8)9)28-38(26-34)50(10,11)12/h15-28,43,46,52-53H,29-30H2,1-14H3. The van der Waals surface area contributed by atoms with E-state index >= 15 is 0 Å². The number of ketones is 2. The summed E-state index contributed by atoms with van der Waals surface area (Å²) in [5.74, 6) is -0.444. The third-order valence-corrected chi connectivity index (χ3v) is 11.2. The van der Waals surface area contributed by atoms with E-state index in [1.54, 1.807) is 0 Å². The maximum absolute atomic E-state index is 14.3. The van der Waals surface area contributed by atoms with Crippen LogP contribution in [0.2, 0.25) is 0 Å². The van der Waals surface area contributed by atoms with Crippen LogP contribution in [0.3, 0.4) is 0 Å². The maximum atomic E-state index is 14.3. The maximum Gasteiger partial charge on any atom is 0.209 e. The highest BCUT2D eigenvalue weighted by Gasteiger charge is 2.31. The molecule has 1 fully saturated rings. The van der Waals surface area contributed by atoms with Crippen molar-refractivity contribution in [1.29, 1.82) is 0 Å². The normalized spacial score (nSPS) is 15.6. The Kier molecular flexibility index (Phi) is 11.1. The predicted molar refractivity (Wildman–Crippen MR) is 232 cm³/mol. The number of H-pyrrole nitrogens is 2. The van der Waals surface area contributed by atoms with Crippen LogP contribution in [0.25, 0.3) is 0 Å². The Morgan fingerprint density at radius 1 is 0.544 bits per heavy atom. The Balaban J connectivity index is 1.40. The van der Waals surface area contributed by atoms with Crippen molar-refractivity contribution in [3.63, 3.8) is 0 Å². The van der Waals surface area contributed by atoms with Crippen molar-refractivity contribution in [2.24, 2.45) is 5.41 Å². The van der Waals surface area contributed by atoms with Crippen molar-refractivity contribution in [1.82, 2.24) is 9.97 Å². The second-order valence-corrected chi connectivity index (χ2v) is 21.1. The molecule has 0 aliphatic carbocycles. The van der Waals surface area contributed by atoms with Crippen LogP contribution in [0.5, 0.6) is 0 Å². The van der Waals surface area contributed by atoms with Gasteiger partial charge in [-0.05, 0) is 98.0 Å². The highest BCUT2D eigenvalue weighted by molar-refractivity contribution is 6.09. The van der Waals surface area contributed by atoms with Gasteiger partial charge in [0, 0.05) is 33.5 Å². The molecule has 5 aromatic rings. The quantitative estimate of drug-likeness (QED) is 0.154. The number of rotatable bonds is 8. The zero-order chi connectivity index (χ0) is 41.9. The second kappa shape index (κ2) is 15.0. The summed E-state index contributed by atoms with van der Waals surface area (Å²) in [6.45, 7) is 31.7. The van der Waals surface area contributed by atoms with Gasteiger partial charge in [-0.25, -0.2) is 0 Å². The third-order valence-electron chi connectivity index (χ3n) is 11.2. The zero-order valence-corrected chi connectivity index (χ0v) is 36.8. The van der Waals surface area contributed by atoms with E-state index < -0.39 is 6.29 Å². The van der Waals surface area contributed by atoms with E-state index in [1.165, 1.54) is 0 Å². The van der Waals surface area contributed by atoms with E-state index in [4.69, 9.17) is 9.47 Å². The third kappa shape index (κ3) is 9.45. The first-order valence-corrected chi connectivity index (χ1v) is 20.4. The lowest BCUT2D eigenvalue weighted by atomic mass is 9.79. The van der Waals surface area contributed by atoms with Crippen molar-refractivity contribution in [3.8, 4) is 0 Å². The Morgan fingerprint density at radius 3 is 1.23 bits per heavy atom. The Bertz CT molecular complexity index is 2060. The van der Waals surface area contributed by atoms with Crippen molar-refractivity contribution >= 4 is 11.6 Å². The molecular formula is C51H64N2O4. The van der Waals surface area contributed by atoms with Crippen LogP contribution in [0.15, 0.2) is 84.9 Å². The van der Waals surface area contributed by atoms with Gasteiger partial charge in [-0.3, -0.25) is 9.59 Å². The van der Waals surface area contributed by atoms with Crippen LogP contribution in [-0.2, 0) is 31.1 Å². The van der Waals surface area contributed by atoms with Crippen LogP contribution < -0.4 is 0 Å². The highest BCUT2D eigenvalue weighted by atomic mass is 16.7. The molecule has 3 heterocycles. The lowest BCUT2D eigenvalue weighted by Gasteiger charge is -2.34. The number of carbonyl (C=O) groups is 2. The molecule has 2 aromatic heterocycles. The van der Waals surface area contributed by atoms with Gasteiger partial charge >= 0.3 is 0 Å². The number of aromatic amines is 2. The SMILES string of the molecule is CC1(C)COC(c2ccc(C(c3ccc(C(=O)c4cc(C(C)(C)C)cc(C(C)(C)C)c4)[nH]3)c3ccc(C(=O)c4cc(C(C)(C)C)cc(C(C)(C)C)c4)[nH]3)cc2)OC1. The van der Waals surface area contributed by atoms with Crippen molar-refractivity contribution in [2.75, 3.05) is 13.2 Å². The monoisotopic (exact) mass is 768 g/mol. The number of aromatic nitrogens is 2. The fraction of sp³-hybridized carbons (Fsp3) is 0.451. The highest BCUT2D eigenvalue weighted by Crippen LogP contribution is 2.37. The number of benzene rings is 3. The van der Waals surface area contributed by atoms with Gasteiger partial charge in [-0.1, -0.05) is 133 Å². The number of nitrogens with one attached hydrogen (secondary N) is 2. The molecule has 6 heteroatoms. The van der Waals surface area contributed by atoms with Crippen molar-refractivity contribution < 1.29 is 19.1 Å². The van der Waals surface area contributed by atoms with E-state index in [0.717, 1.165) is 44.8 Å². The zero-order valence-electron chi connectivity index (χ0n) is 36.8. The molecule has 57 heavy (non-hydrogen) atoms. The average Bonchev–Trinajstić information content (AvgIpc) is 3.81. The van der Waals surface area contributed by atoms with E-state index in [2.05, 4.69) is 131 Å². The molecule has 0 saturated carbocycles. The van der Waals surface area contributed by atoms with Crippen LogP contribution in [0, 0.1) is 5.41 Å². The molecule has 6 nitrogen and oxygen atoms in total. The van der Waals surface area contributed by atoms with Crippen molar-refractivity contribution in [2.45, 2.75) is 131 Å². The van der Waals surface area contributed by atoms with Crippen molar-refractivity contribution in [3.05, 3.63) is 152 Å². The molecule has 1 aliphatic rings. The summed E-state index contributed by atoms with van der Waals surface area (Å²) >= 11 is 0. The summed E-state index contributed by atoms with van der Waals surface area (Å²) in [7, 11) is 0. The average molecular weight is 769 g/mol. The first kappa shape index (κ1) is 42.1. The largest absolute Gasteiger partial charge is 0.355 e. The van der Waals surface area contributed by atoms with Gasteiger partial charge in [0.05, 0.1) is 30.5 Å². The molecule has 1 saturated heterocycles. The Hall–Kier alpha value is -4.52. The van der Waals surface area contributed by atoms with Crippen LogP contribution in [0.1, 0.15) is 186 Å². The fourth-order valence-corrected chi connectivity index (χ4v) is 7.24. The van der Waals surface area contributed by atoms with Gasteiger partial charge in [0.2, 0.25) is 11.6 Å². The fourth-order valence-electron chi connectivity index (χ4n) is 7.24. The van der Waals surface area contributed by atoms with E-state index in [-0.39, 0.29) is 44.6 Å². The van der Waals surface area contributed by atoms with E-state index in [9.17, 15) is 9.59 Å². The van der Waals surface area contributed by atoms with Gasteiger partial charge in [0.1, 0.15) is 0 Å². The summed E-state index contributed by atoms with van der Waals surface area (Å²) in [6, 6.07) is 28.6. The lowest BCUT2D eigenvalue weighted by Crippen LogP contribution is -2.33. The van der Waals surface area contributed by atoms with Gasteiger partial charge in [-0.15, -0.1) is 0 Å². The van der Waals surface area contributed by atoms with Crippen LogP contribution >= 0.6 is 0 Å². The number of hydrogen-bond donors (Lipinski definition) is 2. The summed E-state index contributed by atoms with van der Waals surface area (Å²) in [5, 5.41) is 0. The Morgan fingerprint density at radius 2 is 0.895 bits per heavy atom. The first-order valence-electron chi connectivity index (χ1n) is 20.4. The second-order valence-electron chi connectivity index (χ2n) is 21.1. The van der Waals surface area contributed by atoms with Crippen LogP contribution in [-0.4, -0.2) is 34.7 Å². The minimum atomic E-state index is -0.432. The first-order chi connectivity index (χ1) is 26.3. The molecule has 1 aliphatic heterocycles. The van der Waals surface area contributed by atoms with Gasteiger partial charge in [-0.2, -0.15) is 0 Å². The molecule has 2 N–H and O–H groups in total. The van der Waals surface area contributed by atoms with Gasteiger partial charge in [0.15, 0.2) is 6.29 Å². The number of carbonyl (C=O) groups excluding carboxylic acids is 2. The van der Waals surface area contributed by atoms with Crippen LogP contribution in [0.4, 0.5) is 0 Å². The van der Waals surface area contributed by atoms with E-state index in [1.807, 2.05) is 60.7 Å².